The van der Waals surface area contributed by atoms with Crippen LogP contribution in [0.25, 0.3) is 0 Å². The quantitative estimate of drug-likeness (QED) is 0.711. The van der Waals surface area contributed by atoms with Gasteiger partial charge in [-0.25, -0.2) is 9.18 Å². The minimum atomic E-state index is -0.330. The Hall–Kier alpha value is -2.89. The van der Waals surface area contributed by atoms with Crippen LogP contribution in [0.1, 0.15) is 49.9 Å². The average molecular weight is 369 g/mol. The number of anilines is 1. The first-order chi connectivity index (χ1) is 12.9. The summed E-state index contributed by atoms with van der Waals surface area (Å²) in [5, 5.41) is 8.57. The van der Waals surface area contributed by atoms with E-state index in [1.54, 1.807) is 19.1 Å². The highest BCUT2D eigenvalue weighted by Crippen LogP contribution is 2.30. The van der Waals surface area contributed by atoms with Crippen LogP contribution in [0.2, 0.25) is 0 Å². The third-order valence-corrected chi connectivity index (χ3v) is 4.67. The molecule has 0 unspecified atom stereocenters. The van der Waals surface area contributed by atoms with Gasteiger partial charge in [-0.05, 0) is 62.1 Å². The molecule has 1 aliphatic carbocycles. The molecule has 142 valence electrons. The average Bonchev–Trinajstić information content (AvgIpc) is 3.47. The largest absolute Gasteiger partial charge is 0.332 e. The maximum absolute atomic E-state index is 13.3. The minimum absolute atomic E-state index is 0.0691. The SMILES string of the molecule is C[C@H](NC(=O)N[C@@H](C)c1cccc(F)c1)c1ccc(NC(=O)C2CC2)cc1. The van der Waals surface area contributed by atoms with Crippen LogP contribution in [0.15, 0.2) is 48.5 Å². The van der Waals surface area contributed by atoms with Crippen molar-refractivity contribution in [3.05, 3.63) is 65.5 Å². The fourth-order valence-corrected chi connectivity index (χ4v) is 2.82. The van der Waals surface area contributed by atoms with Gasteiger partial charge in [0.05, 0.1) is 12.1 Å². The van der Waals surface area contributed by atoms with E-state index < -0.39 is 0 Å². The summed E-state index contributed by atoms with van der Waals surface area (Å²) in [6, 6.07) is 12.7. The molecule has 1 aliphatic rings. The van der Waals surface area contributed by atoms with E-state index in [0.717, 1.165) is 24.1 Å². The van der Waals surface area contributed by atoms with Gasteiger partial charge in [-0.1, -0.05) is 24.3 Å². The molecule has 2 aromatic rings. The van der Waals surface area contributed by atoms with Crippen LogP contribution in [0.3, 0.4) is 0 Å². The second kappa shape index (κ2) is 8.20. The summed E-state index contributed by atoms with van der Waals surface area (Å²) in [6.45, 7) is 3.68. The number of hydrogen-bond acceptors (Lipinski definition) is 2. The first-order valence-corrected chi connectivity index (χ1v) is 9.15. The smallest absolute Gasteiger partial charge is 0.315 e. The molecule has 0 spiro atoms. The van der Waals surface area contributed by atoms with Crippen molar-refractivity contribution in [2.45, 2.75) is 38.8 Å². The number of rotatable bonds is 6. The maximum Gasteiger partial charge on any atom is 0.315 e. The van der Waals surface area contributed by atoms with Crippen LogP contribution >= 0.6 is 0 Å². The van der Waals surface area contributed by atoms with E-state index in [4.69, 9.17) is 0 Å². The van der Waals surface area contributed by atoms with Gasteiger partial charge >= 0.3 is 6.03 Å². The van der Waals surface area contributed by atoms with E-state index in [-0.39, 0.29) is 35.8 Å². The van der Waals surface area contributed by atoms with Gasteiger partial charge in [0.25, 0.3) is 0 Å². The first-order valence-electron chi connectivity index (χ1n) is 9.15. The van der Waals surface area contributed by atoms with Crippen LogP contribution in [-0.4, -0.2) is 11.9 Å². The van der Waals surface area contributed by atoms with Crippen molar-refractivity contribution in [2.24, 2.45) is 5.92 Å². The van der Waals surface area contributed by atoms with Crippen LogP contribution < -0.4 is 16.0 Å². The fraction of sp³-hybridized carbons (Fsp3) is 0.333. The van der Waals surface area contributed by atoms with Crippen molar-refractivity contribution in [3.8, 4) is 0 Å². The number of halogens is 1. The van der Waals surface area contributed by atoms with E-state index in [9.17, 15) is 14.0 Å². The molecule has 0 saturated heterocycles. The highest BCUT2D eigenvalue weighted by molar-refractivity contribution is 5.94. The standard InChI is InChI=1S/C21H24FN3O2/c1-13(15-8-10-19(11-9-15)25-20(26)16-6-7-16)23-21(27)24-14(2)17-4-3-5-18(22)12-17/h3-5,8-14,16H,6-7H2,1-2H3,(H,25,26)(H2,23,24,27)/t13-,14-/m0/s1. The van der Waals surface area contributed by atoms with Crippen LogP contribution in [0.5, 0.6) is 0 Å². The summed E-state index contributed by atoms with van der Waals surface area (Å²) in [7, 11) is 0. The molecule has 3 amide bonds. The Bertz CT molecular complexity index is 818. The van der Waals surface area contributed by atoms with Crippen molar-refractivity contribution in [2.75, 3.05) is 5.32 Å². The normalized spacial score (nSPS) is 15.5. The lowest BCUT2D eigenvalue weighted by atomic mass is 10.1. The van der Waals surface area contributed by atoms with Crippen LogP contribution in [0.4, 0.5) is 14.9 Å². The number of hydrogen-bond donors (Lipinski definition) is 3. The van der Waals surface area contributed by atoms with Crippen molar-refractivity contribution in [1.82, 2.24) is 10.6 Å². The third-order valence-electron chi connectivity index (χ3n) is 4.67. The highest BCUT2D eigenvalue weighted by atomic mass is 19.1. The topological polar surface area (TPSA) is 70.2 Å². The molecule has 3 N–H and O–H groups in total. The highest BCUT2D eigenvalue weighted by Gasteiger charge is 2.29. The zero-order valence-electron chi connectivity index (χ0n) is 15.5. The van der Waals surface area contributed by atoms with E-state index in [1.165, 1.54) is 12.1 Å². The second-order valence-electron chi connectivity index (χ2n) is 7.00. The van der Waals surface area contributed by atoms with Crippen LogP contribution in [-0.2, 0) is 4.79 Å². The Kier molecular flexibility index (Phi) is 5.74. The Morgan fingerprint density at radius 3 is 2.19 bits per heavy atom. The molecule has 5 nitrogen and oxygen atoms in total. The summed E-state index contributed by atoms with van der Waals surface area (Å²) >= 11 is 0. The first kappa shape index (κ1) is 18.9. The van der Waals surface area contributed by atoms with E-state index in [0.29, 0.717) is 5.56 Å². The molecular weight excluding hydrogens is 345 g/mol. The van der Waals surface area contributed by atoms with E-state index >= 15 is 0 Å². The molecule has 2 aromatic carbocycles. The van der Waals surface area contributed by atoms with Gasteiger partial charge in [0.1, 0.15) is 5.82 Å². The van der Waals surface area contributed by atoms with Crippen LogP contribution in [0, 0.1) is 11.7 Å². The van der Waals surface area contributed by atoms with E-state index in [1.807, 2.05) is 31.2 Å². The Morgan fingerprint density at radius 2 is 1.59 bits per heavy atom. The number of carbonyl (C=O) groups is 2. The Morgan fingerprint density at radius 1 is 0.963 bits per heavy atom. The number of nitrogens with one attached hydrogen (secondary N) is 3. The van der Waals surface area contributed by atoms with Gasteiger partial charge in [-0.15, -0.1) is 0 Å². The van der Waals surface area contributed by atoms with Crippen molar-refractivity contribution < 1.29 is 14.0 Å². The molecule has 0 bridgehead atoms. The summed E-state index contributed by atoms with van der Waals surface area (Å²) in [6.07, 6.45) is 1.93. The summed E-state index contributed by atoms with van der Waals surface area (Å²) in [4.78, 5) is 24.0. The lowest BCUT2D eigenvalue weighted by Gasteiger charge is -2.19. The zero-order valence-corrected chi connectivity index (χ0v) is 15.5. The number of urea groups is 1. The molecule has 1 saturated carbocycles. The molecule has 0 heterocycles. The third kappa shape index (κ3) is 5.29. The molecular formula is C21H24FN3O2. The molecule has 0 radical (unpaired) electrons. The molecule has 0 aliphatic heterocycles. The van der Waals surface area contributed by atoms with Gasteiger partial charge in [-0.2, -0.15) is 0 Å². The lowest BCUT2D eigenvalue weighted by Crippen LogP contribution is -2.38. The molecule has 6 heteroatoms. The van der Waals surface area contributed by atoms with Gasteiger partial charge in [0.15, 0.2) is 0 Å². The van der Waals surface area contributed by atoms with Gasteiger partial charge in [-0.3, -0.25) is 4.79 Å². The van der Waals surface area contributed by atoms with E-state index in [2.05, 4.69) is 16.0 Å². The van der Waals surface area contributed by atoms with Crippen molar-refractivity contribution >= 4 is 17.6 Å². The van der Waals surface area contributed by atoms with Crippen molar-refractivity contribution in [1.29, 1.82) is 0 Å². The zero-order chi connectivity index (χ0) is 19.4. The predicted molar refractivity (Wildman–Crippen MR) is 103 cm³/mol. The van der Waals surface area contributed by atoms with Gasteiger partial charge in [0, 0.05) is 11.6 Å². The maximum atomic E-state index is 13.3. The minimum Gasteiger partial charge on any atom is -0.332 e. The predicted octanol–water partition coefficient (Wildman–Crippen LogP) is 4.30. The van der Waals surface area contributed by atoms with Crippen molar-refractivity contribution in [3.63, 3.8) is 0 Å². The number of carbonyl (C=O) groups excluding carboxylic acids is 2. The molecule has 0 aromatic heterocycles. The number of benzene rings is 2. The molecule has 27 heavy (non-hydrogen) atoms. The summed E-state index contributed by atoms with van der Waals surface area (Å²) < 4.78 is 13.3. The summed E-state index contributed by atoms with van der Waals surface area (Å²) in [5.41, 5.74) is 2.38. The summed E-state index contributed by atoms with van der Waals surface area (Å²) in [5.74, 6) is -0.0996. The second-order valence-corrected chi connectivity index (χ2v) is 7.00. The fourth-order valence-electron chi connectivity index (χ4n) is 2.82. The lowest BCUT2D eigenvalue weighted by molar-refractivity contribution is -0.117. The Labute approximate surface area is 158 Å². The number of amides is 3. The molecule has 3 rings (SSSR count). The van der Waals surface area contributed by atoms with Gasteiger partial charge in [0.2, 0.25) is 5.91 Å². The molecule has 2 atom stereocenters. The van der Waals surface area contributed by atoms with Gasteiger partial charge < -0.3 is 16.0 Å². The monoisotopic (exact) mass is 369 g/mol. The Balaban J connectivity index is 1.52. The molecule has 1 fully saturated rings.